The number of ether oxygens (including phenoxy) is 3. The van der Waals surface area contributed by atoms with Gasteiger partial charge in [-0.05, 0) is 36.8 Å². The molecule has 2 aromatic heterocycles. The van der Waals surface area contributed by atoms with Crippen molar-refractivity contribution in [2.75, 3.05) is 26.1 Å². The van der Waals surface area contributed by atoms with Crippen molar-refractivity contribution < 1.29 is 19.0 Å². The summed E-state index contributed by atoms with van der Waals surface area (Å²) in [6.45, 7) is 2.31. The van der Waals surface area contributed by atoms with E-state index in [1.54, 1.807) is 18.2 Å². The van der Waals surface area contributed by atoms with E-state index in [2.05, 4.69) is 10.3 Å². The van der Waals surface area contributed by atoms with Crippen LogP contribution in [-0.4, -0.2) is 36.3 Å². The van der Waals surface area contributed by atoms with E-state index in [4.69, 9.17) is 14.2 Å². The Balaban J connectivity index is 1.62. The lowest BCUT2D eigenvalue weighted by Gasteiger charge is -2.12. The van der Waals surface area contributed by atoms with Crippen molar-refractivity contribution in [3.8, 4) is 28.4 Å². The molecule has 4 rings (SSSR count). The lowest BCUT2D eigenvalue weighted by molar-refractivity contribution is -0.116. The number of hydrogen-bond donors (Lipinski definition) is 1. The van der Waals surface area contributed by atoms with Gasteiger partial charge in [-0.3, -0.25) is 14.2 Å². The van der Waals surface area contributed by atoms with Gasteiger partial charge in [-0.25, -0.2) is 4.98 Å². The maximum atomic E-state index is 13.2. The zero-order valence-electron chi connectivity index (χ0n) is 18.5. The first-order chi connectivity index (χ1) is 16.0. The van der Waals surface area contributed by atoms with E-state index in [0.717, 1.165) is 16.9 Å². The van der Waals surface area contributed by atoms with Crippen LogP contribution < -0.4 is 25.1 Å². The van der Waals surface area contributed by atoms with Crippen LogP contribution in [0.25, 0.3) is 21.3 Å². The molecule has 2 heterocycles. The molecule has 1 amide bonds. The number of carbonyl (C=O) groups is 1. The molecule has 0 saturated carbocycles. The van der Waals surface area contributed by atoms with Crippen LogP contribution >= 0.6 is 11.3 Å². The molecule has 2 aromatic carbocycles. The first kappa shape index (κ1) is 22.3. The minimum atomic E-state index is -0.386. The van der Waals surface area contributed by atoms with Gasteiger partial charge in [0.2, 0.25) is 5.91 Å². The topological polar surface area (TPSA) is 91.7 Å². The Bertz CT molecular complexity index is 1340. The predicted octanol–water partition coefficient (Wildman–Crippen LogP) is 4.18. The molecule has 4 aromatic rings. The van der Waals surface area contributed by atoms with Gasteiger partial charge in [0.15, 0.2) is 0 Å². The molecule has 0 aliphatic rings. The van der Waals surface area contributed by atoms with Crippen LogP contribution in [0.2, 0.25) is 0 Å². The number of amides is 1. The van der Waals surface area contributed by atoms with Crippen LogP contribution in [0.5, 0.6) is 17.2 Å². The van der Waals surface area contributed by atoms with E-state index in [1.807, 2.05) is 36.6 Å². The Kier molecular flexibility index (Phi) is 6.60. The lowest BCUT2D eigenvalue weighted by Crippen LogP contribution is -2.28. The second-order valence-corrected chi connectivity index (χ2v) is 7.94. The van der Waals surface area contributed by atoms with Gasteiger partial charge in [0.1, 0.15) is 28.6 Å². The first-order valence-corrected chi connectivity index (χ1v) is 11.1. The van der Waals surface area contributed by atoms with Gasteiger partial charge in [0.25, 0.3) is 5.56 Å². The second-order valence-electron chi connectivity index (χ2n) is 7.08. The van der Waals surface area contributed by atoms with Crippen LogP contribution in [0.1, 0.15) is 6.92 Å². The number of nitrogens with one attached hydrogen (secondary N) is 1. The van der Waals surface area contributed by atoms with Crippen LogP contribution in [0.4, 0.5) is 5.69 Å². The third-order valence-electron chi connectivity index (χ3n) is 5.03. The quantitative estimate of drug-likeness (QED) is 0.420. The molecule has 0 atom stereocenters. The van der Waals surface area contributed by atoms with Gasteiger partial charge >= 0.3 is 0 Å². The molecule has 0 bridgehead atoms. The second kappa shape index (κ2) is 9.74. The number of anilines is 1. The first-order valence-electron chi connectivity index (χ1n) is 10.3. The summed E-state index contributed by atoms with van der Waals surface area (Å²) in [5, 5.41) is 5.16. The van der Waals surface area contributed by atoms with Crippen LogP contribution in [-0.2, 0) is 11.3 Å². The smallest absolute Gasteiger partial charge is 0.263 e. The van der Waals surface area contributed by atoms with Crippen molar-refractivity contribution in [2.24, 2.45) is 0 Å². The van der Waals surface area contributed by atoms with Crippen LogP contribution in [0.15, 0.2) is 59.0 Å². The lowest BCUT2D eigenvalue weighted by atomic mass is 10.1. The maximum Gasteiger partial charge on any atom is 0.263 e. The van der Waals surface area contributed by atoms with Crippen LogP contribution in [0, 0.1) is 0 Å². The number of thiophene rings is 1. The van der Waals surface area contributed by atoms with Gasteiger partial charge in [0.05, 0.1) is 38.2 Å². The SMILES string of the molecule is CCOc1ccc(-c2csc3ncn(CC(=O)Nc4cc(OC)ccc4OC)c(=O)c23)cc1. The Labute approximate surface area is 194 Å². The van der Waals surface area contributed by atoms with Gasteiger partial charge in [0, 0.05) is 17.0 Å². The average molecular weight is 466 g/mol. The van der Waals surface area contributed by atoms with E-state index in [0.29, 0.717) is 34.0 Å². The normalized spacial score (nSPS) is 10.8. The number of nitrogens with zero attached hydrogens (tertiary/aromatic N) is 2. The number of rotatable bonds is 8. The number of carbonyl (C=O) groups excluding carboxylic acids is 1. The number of methoxy groups -OCH3 is 2. The minimum absolute atomic E-state index is 0.194. The highest BCUT2D eigenvalue weighted by atomic mass is 32.1. The summed E-state index contributed by atoms with van der Waals surface area (Å²) in [5.74, 6) is 1.44. The van der Waals surface area contributed by atoms with E-state index < -0.39 is 0 Å². The fourth-order valence-corrected chi connectivity index (χ4v) is 4.35. The summed E-state index contributed by atoms with van der Waals surface area (Å²) in [7, 11) is 3.05. The summed E-state index contributed by atoms with van der Waals surface area (Å²) < 4.78 is 17.3. The van der Waals surface area contributed by atoms with Gasteiger partial charge < -0.3 is 19.5 Å². The van der Waals surface area contributed by atoms with E-state index in [1.165, 1.54) is 36.5 Å². The van der Waals surface area contributed by atoms with Crippen molar-refractivity contribution >= 4 is 33.1 Å². The molecule has 0 fully saturated rings. The number of fused-ring (bicyclic) bond motifs is 1. The average Bonchev–Trinajstić information content (AvgIpc) is 3.26. The van der Waals surface area contributed by atoms with Crippen molar-refractivity contribution in [1.29, 1.82) is 0 Å². The third kappa shape index (κ3) is 4.68. The van der Waals surface area contributed by atoms with Gasteiger partial charge in [-0.15, -0.1) is 11.3 Å². The van der Waals surface area contributed by atoms with E-state index in [-0.39, 0.29) is 18.0 Å². The standard InChI is InChI=1S/C24H23N3O5S/c1-4-32-16-7-5-15(6-8-16)18-13-33-23-22(18)24(29)27(14-25-23)12-21(28)26-19-11-17(30-2)9-10-20(19)31-3/h5-11,13-14H,4,12H2,1-3H3,(H,26,28). The molecule has 9 heteroatoms. The van der Waals surface area contributed by atoms with Gasteiger partial charge in [-0.1, -0.05) is 12.1 Å². The highest BCUT2D eigenvalue weighted by molar-refractivity contribution is 7.17. The zero-order valence-corrected chi connectivity index (χ0v) is 19.3. The molecular weight excluding hydrogens is 442 g/mol. The molecule has 0 aliphatic carbocycles. The number of hydrogen-bond acceptors (Lipinski definition) is 7. The molecule has 0 saturated heterocycles. The molecule has 0 unspecified atom stereocenters. The predicted molar refractivity (Wildman–Crippen MR) is 129 cm³/mol. The fraction of sp³-hybridized carbons (Fsp3) is 0.208. The molecule has 8 nitrogen and oxygen atoms in total. The minimum Gasteiger partial charge on any atom is -0.497 e. The molecule has 170 valence electrons. The molecule has 0 radical (unpaired) electrons. The zero-order chi connectivity index (χ0) is 23.4. The van der Waals surface area contributed by atoms with Crippen molar-refractivity contribution in [3.05, 3.63) is 64.5 Å². The highest BCUT2D eigenvalue weighted by Gasteiger charge is 2.16. The summed E-state index contributed by atoms with van der Waals surface area (Å²) in [6, 6.07) is 12.6. The van der Waals surface area contributed by atoms with Crippen molar-refractivity contribution in [1.82, 2.24) is 9.55 Å². The monoisotopic (exact) mass is 465 g/mol. The molecule has 0 aliphatic heterocycles. The van der Waals surface area contributed by atoms with Gasteiger partial charge in [-0.2, -0.15) is 0 Å². The number of benzene rings is 2. The Morgan fingerprint density at radius 3 is 2.55 bits per heavy atom. The molecular formula is C24H23N3O5S. The third-order valence-corrected chi connectivity index (χ3v) is 5.92. The van der Waals surface area contributed by atoms with Crippen molar-refractivity contribution in [3.63, 3.8) is 0 Å². The number of aromatic nitrogens is 2. The largest absolute Gasteiger partial charge is 0.497 e. The van der Waals surface area contributed by atoms with Crippen LogP contribution in [0.3, 0.4) is 0 Å². The van der Waals surface area contributed by atoms with Crippen molar-refractivity contribution in [2.45, 2.75) is 13.5 Å². The molecule has 0 spiro atoms. The Hall–Kier alpha value is -3.85. The molecule has 1 N–H and O–H groups in total. The summed E-state index contributed by atoms with van der Waals surface area (Å²) in [5.41, 5.74) is 1.83. The Morgan fingerprint density at radius 2 is 1.85 bits per heavy atom. The summed E-state index contributed by atoms with van der Waals surface area (Å²) in [6.07, 6.45) is 1.39. The van der Waals surface area contributed by atoms with E-state index >= 15 is 0 Å². The molecule has 33 heavy (non-hydrogen) atoms. The summed E-state index contributed by atoms with van der Waals surface area (Å²) in [4.78, 5) is 31.0. The maximum absolute atomic E-state index is 13.2. The highest BCUT2D eigenvalue weighted by Crippen LogP contribution is 2.32. The Morgan fingerprint density at radius 1 is 1.09 bits per heavy atom. The van der Waals surface area contributed by atoms with E-state index in [9.17, 15) is 9.59 Å². The fourth-order valence-electron chi connectivity index (χ4n) is 3.45. The summed E-state index contributed by atoms with van der Waals surface area (Å²) >= 11 is 1.39.